The third-order valence-electron chi connectivity index (χ3n) is 3.15. The normalized spacial score (nSPS) is 17.2. The Balaban J connectivity index is 2.04. The van der Waals surface area contributed by atoms with Crippen LogP contribution in [0.25, 0.3) is 0 Å². The van der Waals surface area contributed by atoms with Crippen LogP contribution in [0.4, 0.5) is 0 Å². The highest BCUT2D eigenvalue weighted by atomic mass is 79.9. The molecule has 1 saturated heterocycles. The lowest BCUT2D eigenvalue weighted by atomic mass is 9.97. The van der Waals surface area contributed by atoms with Gasteiger partial charge >= 0.3 is 0 Å². The van der Waals surface area contributed by atoms with E-state index in [9.17, 15) is 4.79 Å². The number of aromatic nitrogens is 1. The number of nitrogens with zero attached hydrogens (tertiary/aromatic N) is 2. The summed E-state index contributed by atoms with van der Waals surface area (Å²) in [5.41, 5.74) is 0.606. The van der Waals surface area contributed by atoms with Gasteiger partial charge in [-0.15, -0.1) is 0 Å². The van der Waals surface area contributed by atoms with Crippen molar-refractivity contribution in [2.75, 3.05) is 19.7 Å². The molecular weight excluding hydrogens is 284 g/mol. The second-order valence-electron chi connectivity index (χ2n) is 4.26. The highest BCUT2D eigenvalue weighted by molar-refractivity contribution is 9.10. The Bertz CT molecular complexity index is 403. The smallest absolute Gasteiger partial charge is 0.256 e. The largest absolute Gasteiger partial charge is 0.396 e. The van der Waals surface area contributed by atoms with Crippen molar-refractivity contribution in [3.05, 3.63) is 28.5 Å². The van der Waals surface area contributed by atoms with Crippen LogP contribution in [0.2, 0.25) is 0 Å². The molecule has 1 fully saturated rings. The number of likely N-dealkylation sites (tertiary alicyclic amines) is 1. The number of carbonyl (C=O) groups is 1. The van der Waals surface area contributed by atoms with Gasteiger partial charge in [0.05, 0.1) is 5.56 Å². The van der Waals surface area contributed by atoms with Gasteiger partial charge in [-0.05, 0) is 46.8 Å². The van der Waals surface area contributed by atoms with Crippen LogP contribution in [0.3, 0.4) is 0 Å². The lowest BCUT2D eigenvalue weighted by Gasteiger charge is -2.31. The first-order valence-electron chi connectivity index (χ1n) is 5.73. The van der Waals surface area contributed by atoms with Crippen LogP contribution in [-0.2, 0) is 0 Å². The molecule has 4 nitrogen and oxygen atoms in total. The van der Waals surface area contributed by atoms with Gasteiger partial charge in [0.15, 0.2) is 0 Å². The lowest BCUT2D eigenvalue weighted by Crippen LogP contribution is -2.39. The van der Waals surface area contributed by atoms with E-state index in [1.165, 1.54) is 0 Å². The van der Waals surface area contributed by atoms with Gasteiger partial charge in [0.2, 0.25) is 0 Å². The second kappa shape index (κ2) is 5.60. The molecule has 1 aliphatic rings. The summed E-state index contributed by atoms with van der Waals surface area (Å²) in [5, 5.41) is 9.06. The number of rotatable bonds is 2. The number of halogens is 1. The fraction of sp³-hybridized carbons (Fsp3) is 0.500. The molecule has 1 amide bonds. The van der Waals surface area contributed by atoms with Gasteiger partial charge in [0, 0.05) is 25.9 Å². The molecule has 0 radical (unpaired) electrons. The van der Waals surface area contributed by atoms with E-state index in [1.54, 1.807) is 18.3 Å². The SMILES string of the molecule is O=C(c1cccnc1Br)N1CCC(CO)CC1. The summed E-state index contributed by atoms with van der Waals surface area (Å²) in [6.07, 6.45) is 3.40. The molecule has 2 rings (SSSR count). The Kier molecular flexibility index (Phi) is 4.12. The lowest BCUT2D eigenvalue weighted by molar-refractivity contribution is 0.0649. The molecule has 0 unspecified atom stereocenters. The van der Waals surface area contributed by atoms with Crippen molar-refractivity contribution in [2.45, 2.75) is 12.8 Å². The maximum atomic E-state index is 12.2. The Morgan fingerprint density at radius 1 is 1.53 bits per heavy atom. The predicted octanol–water partition coefficient (Wildman–Crippen LogP) is 1.69. The van der Waals surface area contributed by atoms with Crippen molar-refractivity contribution in [3.8, 4) is 0 Å². The molecule has 1 aliphatic heterocycles. The Hall–Kier alpha value is -0.940. The minimum Gasteiger partial charge on any atom is -0.396 e. The van der Waals surface area contributed by atoms with E-state index in [2.05, 4.69) is 20.9 Å². The number of hydrogen-bond acceptors (Lipinski definition) is 3. The Morgan fingerprint density at radius 3 is 2.82 bits per heavy atom. The van der Waals surface area contributed by atoms with Gasteiger partial charge in [0.1, 0.15) is 4.60 Å². The topological polar surface area (TPSA) is 53.4 Å². The predicted molar refractivity (Wildman–Crippen MR) is 67.7 cm³/mol. The Morgan fingerprint density at radius 2 is 2.24 bits per heavy atom. The van der Waals surface area contributed by atoms with E-state index in [-0.39, 0.29) is 12.5 Å². The molecule has 1 aromatic rings. The van der Waals surface area contributed by atoms with E-state index < -0.39 is 0 Å². The van der Waals surface area contributed by atoms with E-state index in [4.69, 9.17) is 5.11 Å². The van der Waals surface area contributed by atoms with Gasteiger partial charge in [0.25, 0.3) is 5.91 Å². The standard InChI is InChI=1S/C12H15BrN2O2/c13-11-10(2-1-5-14-11)12(17)15-6-3-9(8-16)4-7-15/h1-2,5,9,16H,3-4,6-8H2. The zero-order valence-electron chi connectivity index (χ0n) is 9.47. The minimum absolute atomic E-state index is 0.0152. The first kappa shape index (κ1) is 12.5. The molecule has 5 heteroatoms. The van der Waals surface area contributed by atoms with Gasteiger partial charge in [-0.25, -0.2) is 4.98 Å². The van der Waals surface area contributed by atoms with Crippen molar-refractivity contribution in [3.63, 3.8) is 0 Å². The number of piperidine rings is 1. The van der Waals surface area contributed by atoms with Gasteiger partial charge < -0.3 is 10.0 Å². The van der Waals surface area contributed by atoms with Gasteiger partial charge in [-0.3, -0.25) is 4.79 Å². The molecule has 1 aromatic heterocycles. The summed E-state index contributed by atoms with van der Waals surface area (Å²) in [5.74, 6) is 0.359. The highest BCUT2D eigenvalue weighted by Crippen LogP contribution is 2.21. The molecule has 0 bridgehead atoms. The number of carbonyl (C=O) groups excluding carboxylic acids is 1. The molecule has 0 aliphatic carbocycles. The summed E-state index contributed by atoms with van der Waals surface area (Å²) < 4.78 is 0.592. The van der Waals surface area contributed by atoms with Crippen molar-refractivity contribution in [1.29, 1.82) is 0 Å². The number of amides is 1. The molecule has 92 valence electrons. The van der Waals surface area contributed by atoms with Crippen molar-refractivity contribution in [1.82, 2.24) is 9.88 Å². The zero-order chi connectivity index (χ0) is 12.3. The number of aliphatic hydroxyl groups is 1. The summed E-state index contributed by atoms with van der Waals surface area (Å²) >= 11 is 3.29. The van der Waals surface area contributed by atoms with E-state index in [1.807, 2.05) is 4.90 Å². The summed E-state index contributed by atoms with van der Waals surface area (Å²) in [6.45, 7) is 1.65. The number of aliphatic hydroxyl groups excluding tert-OH is 1. The Labute approximate surface area is 109 Å². The third-order valence-corrected chi connectivity index (χ3v) is 3.78. The van der Waals surface area contributed by atoms with Crippen molar-refractivity contribution < 1.29 is 9.90 Å². The molecule has 0 aromatic carbocycles. The fourth-order valence-corrected chi connectivity index (χ4v) is 2.45. The summed E-state index contributed by atoms with van der Waals surface area (Å²) in [6, 6.07) is 3.54. The van der Waals surface area contributed by atoms with Crippen LogP contribution < -0.4 is 0 Å². The number of hydrogen-bond donors (Lipinski definition) is 1. The molecule has 0 spiro atoms. The maximum absolute atomic E-state index is 12.2. The van der Waals surface area contributed by atoms with Crippen LogP contribution in [0.1, 0.15) is 23.2 Å². The van der Waals surface area contributed by atoms with Crippen LogP contribution in [0.5, 0.6) is 0 Å². The van der Waals surface area contributed by atoms with E-state index in [0.29, 0.717) is 29.2 Å². The van der Waals surface area contributed by atoms with Crippen molar-refractivity contribution in [2.24, 2.45) is 5.92 Å². The fourth-order valence-electron chi connectivity index (χ4n) is 2.03. The number of pyridine rings is 1. The van der Waals surface area contributed by atoms with E-state index in [0.717, 1.165) is 12.8 Å². The van der Waals surface area contributed by atoms with Gasteiger partial charge in [-0.1, -0.05) is 0 Å². The molecule has 2 heterocycles. The summed E-state index contributed by atoms with van der Waals surface area (Å²) in [4.78, 5) is 18.1. The monoisotopic (exact) mass is 298 g/mol. The average molecular weight is 299 g/mol. The summed E-state index contributed by atoms with van der Waals surface area (Å²) in [7, 11) is 0. The van der Waals surface area contributed by atoms with E-state index >= 15 is 0 Å². The first-order chi connectivity index (χ1) is 8.22. The molecule has 17 heavy (non-hydrogen) atoms. The zero-order valence-corrected chi connectivity index (χ0v) is 11.1. The van der Waals surface area contributed by atoms with Crippen molar-refractivity contribution >= 4 is 21.8 Å². The third kappa shape index (κ3) is 2.84. The average Bonchev–Trinajstić information content (AvgIpc) is 2.39. The molecule has 0 atom stereocenters. The molecule has 0 saturated carbocycles. The van der Waals surface area contributed by atoms with Crippen LogP contribution in [0, 0.1) is 5.92 Å². The van der Waals surface area contributed by atoms with Crippen LogP contribution >= 0.6 is 15.9 Å². The van der Waals surface area contributed by atoms with Gasteiger partial charge in [-0.2, -0.15) is 0 Å². The molecular formula is C12H15BrN2O2. The van der Waals surface area contributed by atoms with Crippen LogP contribution in [-0.4, -0.2) is 40.6 Å². The highest BCUT2D eigenvalue weighted by Gasteiger charge is 2.24. The first-order valence-corrected chi connectivity index (χ1v) is 6.52. The minimum atomic E-state index is 0.0152. The second-order valence-corrected chi connectivity index (χ2v) is 5.01. The maximum Gasteiger partial charge on any atom is 0.256 e. The molecule has 1 N–H and O–H groups in total. The quantitative estimate of drug-likeness (QED) is 0.846. The van der Waals surface area contributed by atoms with Crippen LogP contribution in [0.15, 0.2) is 22.9 Å².